The fourth-order valence-corrected chi connectivity index (χ4v) is 2.97. The Balaban J connectivity index is 1.45. The summed E-state index contributed by atoms with van der Waals surface area (Å²) in [5.74, 6) is 0.190. The van der Waals surface area contributed by atoms with E-state index in [4.69, 9.17) is 9.47 Å². The lowest BCUT2D eigenvalue weighted by atomic mass is 10.1. The number of benzene rings is 2. The molecule has 2 heterocycles. The predicted molar refractivity (Wildman–Crippen MR) is 87.2 cm³/mol. The number of ether oxygens (including phenoxy) is 2. The Hall–Kier alpha value is -3.09. The number of fused-ring (bicyclic) bond motifs is 1. The average Bonchev–Trinajstić information content (AvgIpc) is 3.22. The number of nitrogens with zero attached hydrogens (tertiary/aromatic N) is 1. The van der Waals surface area contributed by atoms with E-state index in [-0.39, 0.29) is 24.4 Å². The Morgan fingerprint density at radius 3 is 2.68 bits per heavy atom. The number of rotatable bonds is 3. The van der Waals surface area contributed by atoms with Crippen molar-refractivity contribution in [3.8, 4) is 11.5 Å². The van der Waals surface area contributed by atoms with Gasteiger partial charge in [0.25, 0.3) is 5.91 Å². The van der Waals surface area contributed by atoms with Crippen LogP contribution in [0.1, 0.15) is 16.8 Å². The van der Waals surface area contributed by atoms with Crippen LogP contribution in [0.5, 0.6) is 11.5 Å². The van der Waals surface area contributed by atoms with Crippen LogP contribution < -0.4 is 19.7 Å². The summed E-state index contributed by atoms with van der Waals surface area (Å²) >= 11 is 0. The Morgan fingerprint density at radius 1 is 1.12 bits per heavy atom. The van der Waals surface area contributed by atoms with E-state index in [2.05, 4.69) is 5.32 Å². The number of halogens is 1. The lowest BCUT2D eigenvalue weighted by molar-refractivity contribution is -0.118. The molecule has 2 aromatic rings. The molecule has 1 saturated heterocycles. The van der Waals surface area contributed by atoms with Gasteiger partial charge in [-0.2, -0.15) is 0 Å². The van der Waals surface area contributed by atoms with Crippen LogP contribution in [-0.4, -0.2) is 31.2 Å². The number of carbonyl (C=O) groups is 2. The van der Waals surface area contributed by atoms with Crippen molar-refractivity contribution in [3.63, 3.8) is 0 Å². The largest absolute Gasteiger partial charge is 0.454 e. The van der Waals surface area contributed by atoms with E-state index >= 15 is 0 Å². The van der Waals surface area contributed by atoms with Crippen molar-refractivity contribution in [3.05, 3.63) is 53.8 Å². The molecule has 0 spiro atoms. The molecule has 2 amide bonds. The van der Waals surface area contributed by atoms with Crippen molar-refractivity contribution in [2.45, 2.75) is 12.5 Å². The van der Waals surface area contributed by atoms with Gasteiger partial charge in [-0.3, -0.25) is 9.59 Å². The zero-order valence-electron chi connectivity index (χ0n) is 13.2. The normalized spacial score (nSPS) is 18.5. The number of carbonyl (C=O) groups excluding carboxylic acids is 2. The smallest absolute Gasteiger partial charge is 0.252 e. The minimum Gasteiger partial charge on any atom is -0.454 e. The maximum Gasteiger partial charge on any atom is 0.252 e. The molecule has 1 fully saturated rings. The molecule has 128 valence electrons. The van der Waals surface area contributed by atoms with Crippen LogP contribution in [0.2, 0.25) is 0 Å². The van der Waals surface area contributed by atoms with Crippen LogP contribution in [0.4, 0.5) is 10.1 Å². The van der Waals surface area contributed by atoms with Gasteiger partial charge < -0.3 is 19.7 Å². The van der Waals surface area contributed by atoms with Crippen LogP contribution in [0.3, 0.4) is 0 Å². The topological polar surface area (TPSA) is 67.9 Å². The summed E-state index contributed by atoms with van der Waals surface area (Å²) in [7, 11) is 0. The highest BCUT2D eigenvalue weighted by molar-refractivity contribution is 6.04. The maximum atomic E-state index is 13.0. The second-order valence-corrected chi connectivity index (χ2v) is 5.85. The lowest BCUT2D eigenvalue weighted by Gasteiger charge is -2.17. The minimum absolute atomic E-state index is 0.133. The van der Waals surface area contributed by atoms with E-state index in [1.807, 2.05) is 0 Å². The molecular formula is C18H15FN2O4. The molecular weight excluding hydrogens is 327 g/mol. The molecule has 0 bridgehead atoms. The second-order valence-electron chi connectivity index (χ2n) is 5.85. The SMILES string of the molecule is O=C(N[C@H]1CCN(c2ccc(F)cc2)C1=O)c1ccc2c(c1)OCO2. The maximum absolute atomic E-state index is 13.0. The van der Waals surface area contributed by atoms with Crippen LogP contribution in [0, 0.1) is 5.82 Å². The first-order chi connectivity index (χ1) is 12.1. The second kappa shape index (κ2) is 6.08. The molecule has 0 saturated carbocycles. The summed E-state index contributed by atoms with van der Waals surface area (Å²) in [6, 6.07) is 9.99. The van der Waals surface area contributed by atoms with Crippen molar-refractivity contribution in [2.24, 2.45) is 0 Å². The molecule has 2 aliphatic heterocycles. The van der Waals surface area contributed by atoms with Gasteiger partial charge in [-0.15, -0.1) is 0 Å². The third-order valence-corrected chi connectivity index (χ3v) is 4.28. The summed E-state index contributed by atoms with van der Waals surface area (Å²) in [5, 5.41) is 2.75. The number of anilines is 1. The van der Waals surface area contributed by atoms with Gasteiger partial charge in [0.1, 0.15) is 11.9 Å². The number of hydrogen-bond donors (Lipinski definition) is 1. The zero-order chi connectivity index (χ0) is 17.4. The third-order valence-electron chi connectivity index (χ3n) is 4.28. The Morgan fingerprint density at radius 2 is 1.88 bits per heavy atom. The van der Waals surface area contributed by atoms with Gasteiger partial charge in [0, 0.05) is 17.8 Å². The third kappa shape index (κ3) is 2.88. The fourth-order valence-electron chi connectivity index (χ4n) is 2.97. The molecule has 1 atom stereocenters. The number of amides is 2. The van der Waals surface area contributed by atoms with Gasteiger partial charge in [-0.05, 0) is 48.9 Å². The van der Waals surface area contributed by atoms with E-state index in [9.17, 15) is 14.0 Å². The summed E-state index contributed by atoms with van der Waals surface area (Å²) in [4.78, 5) is 26.5. The molecule has 2 aromatic carbocycles. The van der Waals surface area contributed by atoms with Gasteiger partial charge in [-0.25, -0.2) is 4.39 Å². The summed E-state index contributed by atoms with van der Waals surface area (Å²) in [6.07, 6.45) is 0.493. The monoisotopic (exact) mass is 342 g/mol. The fraction of sp³-hybridized carbons (Fsp3) is 0.222. The lowest BCUT2D eigenvalue weighted by Crippen LogP contribution is -2.41. The molecule has 0 unspecified atom stereocenters. The molecule has 6 nitrogen and oxygen atoms in total. The van der Waals surface area contributed by atoms with Crippen molar-refractivity contribution in [2.75, 3.05) is 18.2 Å². The quantitative estimate of drug-likeness (QED) is 0.927. The van der Waals surface area contributed by atoms with Crippen molar-refractivity contribution < 1.29 is 23.5 Å². The Labute approximate surface area is 143 Å². The van der Waals surface area contributed by atoms with Crippen LogP contribution in [0.25, 0.3) is 0 Å². The Bertz CT molecular complexity index is 837. The van der Waals surface area contributed by atoms with E-state index in [0.29, 0.717) is 35.7 Å². The first kappa shape index (κ1) is 15.4. The van der Waals surface area contributed by atoms with E-state index in [0.717, 1.165) is 0 Å². The highest BCUT2D eigenvalue weighted by Crippen LogP contribution is 2.32. The van der Waals surface area contributed by atoms with Gasteiger partial charge in [0.2, 0.25) is 12.7 Å². The molecule has 0 aromatic heterocycles. The van der Waals surface area contributed by atoms with Gasteiger partial charge >= 0.3 is 0 Å². The molecule has 4 rings (SSSR count). The Kier molecular flexibility index (Phi) is 3.76. The summed E-state index contributed by atoms with van der Waals surface area (Å²) < 4.78 is 23.5. The highest BCUT2D eigenvalue weighted by atomic mass is 19.1. The predicted octanol–water partition coefficient (Wildman–Crippen LogP) is 2.09. The van der Waals surface area contributed by atoms with Crippen molar-refractivity contribution in [1.29, 1.82) is 0 Å². The first-order valence-corrected chi connectivity index (χ1v) is 7.89. The van der Waals surface area contributed by atoms with Gasteiger partial charge in [-0.1, -0.05) is 0 Å². The van der Waals surface area contributed by atoms with Crippen LogP contribution in [-0.2, 0) is 4.79 Å². The van der Waals surface area contributed by atoms with Crippen molar-refractivity contribution >= 4 is 17.5 Å². The van der Waals surface area contributed by atoms with E-state index < -0.39 is 6.04 Å². The standard InChI is InChI=1S/C18H15FN2O4/c19-12-2-4-13(5-3-12)21-8-7-14(18(21)23)20-17(22)11-1-6-15-16(9-11)25-10-24-15/h1-6,9,14H,7-8,10H2,(H,20,22)/t14-/m0/s1. The molecule has 1 N–H and O–H groups in total. The van der Waals surface area contributed by atoms with Crippen LogP contribution >= 0.6 is 0 Å². The average molecular weight is 342 g/mol. The summed E-state index contributed by atoms with van der Waals surface area (Å²) in [5.41, 5.74) is 1.02. The molecule has 25 heavy (non-hydrogen) atoms. The van der Waals surface area contributed by atoms with Gasteiger partial charge in [0.05, 0.1) is 0 Å². The highest BCUT2D eigenvalue weighted by Gasteiger charge is 2.34. The first-order valence-electron chi connectivity index (χ1n) is 7.89. The minimum atomic E-state index is -0.608. The van der Waals surface area contributed by atoms with E-state index in [1.54, 1.807) is 35.2 Å². The molecule has 7 heteroatoms. The van der Waals surface area contributed by atoms with Crippen molar-refractivity contribution in [1.82, 2.24) is 5.32 Å². The van der Waals surface area contributed by atoms with Crippen LogP contribution in [0.15, 0.2) is 42.5 Å². The van der Waals surface area contributed by atoms with E-state index in [1.165, 1.54) is 12.1 Å². The number of hydrogen-bond acceptors (Lipinski definition) is 4. The zero-order valence-corrected chi connectivity index (χ0v) is 13.2. The molecule has 2 aliphatic rings. The molecule has 0 radical (unpaired) electrons. The number of nitrogens with one attached hydrogen (secondary N) is 1. The van der Waals surface area contributed by atoms with Gasteiger partial charge in [0.15, 0.2) is 11.5 Å². The molecule has 0 aliphatic carbocycles. The summed E-state index contributed by atoms with van der Waals surface area (Å²) in [6.45, 7) is 0.602.